The highest BCUT2D eigenvalue weighted by molar-refractivity contribution is 4.98. The molecule has 2 aliphatic rings. The Morgan fingerprint density at radius 1 is 1.57 bits per heavy atom. The van der Waals surface area contributed by atoms with E-state index in [4.69, 9.17) is 9.47 Å². The predicted molar refractivity (Wildman–Crippen MR) is 38.5 cm³/mol. The molecule has 0 amide bonds. The molecule has 0 aliphatic carbocycles. The van der Waals surface area contributed by atoms with Crippen LogP contribution in [0.15, 0.2) is 0 Å². The zero-order chi connectivity index (χ0) is 10.3. The van der Waals surface area contributed by atoms with Gasteiger partial charge in [-0.15, -0.1) is 10.1 Å². The van der Waals surface area contributed by atoms with Crippen LogP contribution in [0.1, 0.15) is 0 Å². The topological polar surface area (TPSA) is 111 Å². The molecule has 2 aliphatic heterocycles. The molecule has 0 aromatic heterocycles. The Bertz CT molecular complexity index is 259. The standard InChI is InChI=1S/C6H9NO7/c8-3-1-12-5-4(3)13-2-6(5,9)14-7(10)11/h3-5,8-9H,1-2H2/t3-,4-,5+,6+/m1/s1. The number of fused-ring (bicyclic) bond motifs is 1. The fraction of sp³-hybridized carbons (Fsp3) is 1.00. The monoisotopic (exact) mass is 207 g/mol. The van der Waals surface area contributed by atoms with Crippen LogP contribution in [0.4, 0.5) is 0 Å². The predicted octanol–water partition coefficient (Wildman–Crippen LogP) is -1.96. The first-order valence-corrected chi connectivity index (χ1v) is 4.00. The van der Waals surface area contributed by atoms with Crippen LogP contribution >= 0.6 is 0 Å². The highest BCUT2D eigenvalue weighted by atomic mass is 17.0. The van der Waals surface area contributed by atoms with E-state index in [0.29, 0.717) is 0 Å². The molecule has 2 rings (SSSR count). The number of hydrogen-bond donors (Lipinski definition) is 2. The third-order valence-electron chi connectivity index (χ3n) is 2.28. The number of aliphatic hydroxyl groups excluding tert-OH is 1. The molecule has 8 heteroatoms. The van der Waals surface area contributed by atoms with E-state index in [2.05, 4.69) is 4.84 Å². The van der Waals surface area contributed by atoms with Gasteiger partial charge in [0.05, 0.1) is 6.61 Å². The maximum Gasteiger partial charge on any atom is 0.297 e. The maximum atomic E-state index is 10.1. The zero-order valence-electron chi connectivity index (χ0n) is 7.03. The molecular formula is C6H9NO7. The van der Waals surface area contributed by atoms with Gasteiger partial charge < -0.3 is 19.7 Å². The molecular weight excluding hydrogens is 198 g/mol. The largest absolute Gasteiger partial charge is 0.388 e. The van der Waals surface area contributed by atoms with Gasteiger partial charge in [-0.1, -0.05) is 0 Å². The summed E-state index contributed by atoms with van der Waals surface area (Å²) in [5, 5.41) is 27.9. The van der Waals surface area contributed by atoms with Gasteiger partial charge in [0, 0.05) is 0 Å². The van der Waals surface area contributed by atoms with Crippen molar-refractivity contribution in [2.45, 2.75) is 24.1 Å². The van der Waals surface area contributed by atoms with Crippen molar-refractivity contribution in [3.63, 3.8) is 0 Å². The molecule has 2 saturated heterocycles. The molecule has 8 nitrogen and oxygen atoms in total. The lowest BCUT2D eigenvalue weighted by molar-refractivity contribution is -0.797. The minimum absolute atomic E-state index is 0.0290. The van der Waals surface area contributed by atoms with Gasteiger partial charge in [-0.05, 0) is 0 Å². The lowest BCUT2D eigenvalue weighted by atomic mass is 10.1. The molecule has 4 atom stereocenters. The number of ether oxygens (including phenoxy) is 2. The van der Waals surface area contributed by atoms with Crippen LogP contribution in [0, 0.1) is 10.1 Å². The van der Waals surface area contributed by atoms with E-state index in [1.54, 1.807) is 0 Å². The van der Waals surface area contributed by atoms with Gasteiger partial charge in [0.15, 0.2) is 0 Å². The molecule has 0 saturated carbocycles. The second kappa shape index (κ2) is 3.02. The first kappa shape index (κ1) is 9.59. The van der Waals surface area contributed by atoms with Crippen LogP contribution in [0.25, 0.3) is 0 Å². The summed E-state index contributed by atoms with van der Waals surface area (Å²) in [6.07, 6.45) is -2.66. The molecule has 14 heavy (non-hydrogen) atoms. The average Bonchev–Trinajstić information content (AvgIpc) is 2.55. The quantitative estimate of drug-likeness (QED) is 0.307. The Kier molecular flexibility index (Phi) is 2.07. The van der Waals surface area contributed by atoms with Gasteiger partial charge in [0.1, 0.15) is 24.9 Å². The summed E-state index contributed by atoms with van der Waals surface area (Å²) in [6, 6.07) is 0. The van der Waals surface area contributed by atoms with Crippen molar-refractivity contribution >= 4 is 0 Å². The van der Waals surface area contributed by atoms with Crippen molar-refractivity contribution in [1.82, 2.24) is 0 Å². The van der Waals surface area contributed by atoms with E-state index >= 15 is 0 Å². The second-order valence-corrected chi connectivity index (χ2v) is 3.26. The normalized spacial score (nSPS) is 46.3. The minimum atomic E-state index is -2.11. The average molecular weight is 207 g/mol. The van der Waals surface area contributed by atoms with Gasteiger partial charge in [-0.2, -0.15) is 0 Å². The zero-order valence-corrected chi connectivity index (χ0v) is 7.03. The van der Waals surface area contributed by atoms with Crippen molar-refractivity contribution in [3.8, 4) is 0 Å². The second-order valence-electron chi connectivity index (χ2n) is 3.26. The van der Waals surface area contributed by atoms with Gasteiger partial charge in [-0.3, -0.25) is 4.84 Å². The summed E-state index contributed by atoms with van der Waals surface area (Å²) in [5.74, 6) is -2.11. The van der Waals surface area contributed by atoms with E-state index in [9.17, 15) is 20.3 Å². The van der Waals surface area contributed by atoms with Crippen molar-refractivity contribution in [2.75, 3.05) is 13.2 Å². The fourth-order valence-electron chi connectivity index (χ4n) is 1.68. The molecule has 0 spiro atoms. The van der Waals surface area contributed by atoms with Gasteiger partial charge in [-0.25, -0.2) is 0 Å². The minimum Gasteiger partial charge on any atom is -0.388 e. The van der Waals surface area contributed by atoms with Crippen LogP contribution < -0.4 is 0 Å². The number of aliphatic hydroxyl groups is 2. The summed E-state index contributed by atoms with van der Waals surface area (Å²) in [5.41, 5.74) is 0. The molecule has 2 fully saturated rings. The van der Waals surface area contributed by atoms with E-state index in [1.165, 1.54) is 0 Å². The summed E-state index contributed by atoms with van der Waals surface area (Å²) in [4.78, 5) is 14.2. The Morgan fingerprint density at radius 3 is 2.93 bits per heavy atom. The van der Waals surface area contributed by atoms with Crippen molar-refractivity contribution in [1.29, 1.82) is 0 Å². The van der Waals surface area contributed by atoms with E-state index in [0.717, 1.165) is 0 Å². The highest BCUT2D eigenvalue weighted by Crippen LogP contribution is 2.34. The van der Waals surface area contributed by atoms with Crippen LogP contribution in [0.5, 0.6) is 0 Å². The Balaban J connectivity index is 2.11. The van der Waals surface area contributed by atoms with E-state index < -0.39 is 29.2 Å². The lowest BCUT2D eigenvalue weighted by Crippen LogP contribution is -2.47. The SMILES string of the molecule is O=[N+]([O-])O[C@@]1(O)CO[C@@H]2[C@H](O)CO[C@@H]21. The summed E-state index contributed by atoms with van der Waals surface area (Å²) in [7, 11) is 0. The Hall–Kier alpha value is -0.960. The highest BCUT2D eigenvalue weighted by Gasteiger charge is 2.58. The molecule has 2 heterocycles. The number of hydrogen-bond acceptors (Lipinski definition) is 7. The van der Waals surface area contributed by atoms with Crippen LogP contribution in [-0.2, 0) is 14.3 Å². The molecule has 2 N–H and O–H groups in total. The van der Waals surface area contributed by atoms with Crippen LogP contribution in [0.2, 0.25) is 0 Å². The first-order valence-electron chi connectivity index (χ1n) is 4.00. The first-order chi connectivity index (χ1) is 6.53. The summed E-state index contributed by atoms with van der Waals surface area (Å²) < 4.78 is 9.90. The van der Waals surface area contributed by atoms with Crippen LogP contribution in [0.3, 0.4) is 0 Å². The third-order valence-corrected chi connectivity index (χ3v) is 2.28. The molecule has 0 unspecified atom stereocenters. The molecule has 0 aromatic carbocycles. The van der Waals surface area contributed by atoms with Gasteiger partial charge in [0.2, 0.25) is 0 Å². The van der Waals surface area contributed by atoms with Crippen molar-refractivity contribution in [2.24, 2.45) is 0 Å². The van der Waals surface area contributed by atoms with Crippen molar-refractivity contribution in [3.05, 3.63) is 10.1 Å². The molecule has 0 aromatic rings. The number of rotatable bonds is 2. The molecule has 0 bridgehead atoms. The Morgan fingerprint density at radius 2 is 2.29 bits per heavy atom. The Labute approximate surface area is 78.1 Å². The number of nitrogens with zero attached hydrogens (tertiary/aromatic N) is 1. The molecule has 80 valence electrons. The molecule has 0 radical (unpaired) electrons. The fourth-order valence-corrected chi connectivity index (χ4v) is 1.68. The van der Waals surface area contributed by atoms with Gasteiger partial charge in [0.25, 0.3) is 10.9 Å². The lowest BCUT2D eigenvalue weighted by Gasteiger charge is -2.23. The van der Waals surface area contributed by atoms with Gasteiger partial charge >= 0.3 is 0 Å². The van der Waals surface area contributed by atoms with E-state index in [1.807, 2.05) is 0 Å². The smallest absolute Gasteiger partial charge is 0.297 e. The maximum absolute atomic E-state index is 10.1. The summed E-state index contributed by atoms with van der Waals surface area (Å²) >= 11 is 0. The van der Waals surface area contributed by atoms with Crippen LogP contribution in [-0.4, -0.2) is 52.6 Å². The third kappa shape index (κ3) is 1.32. The summed E-state index contributed by atoms with van der Waals surface area (Å²) in [6.45, 7) is -0.418. The van der Waals surface area contributed by atoms with Crippen molar-refractivity contribution < 1.29 is 29.6 Å². The van der Waals surface area contributed by atoms with E-state index in [-0.39, 0.29) is 13.2 Å².